The second-order valence-corrected chi connectivity index (χ2v) is 4.16. The van der Waals surface area contributed by atoms with Crippen LogP contribution in [0.2, 0.25) is 5.15 Å². The predicted octanol–water partition coefficient (Wildman–Crippen LogP) is 3.76. The molecule has 2 rings (SSSR count). The molecule has 0 aliphatic rings. The summed E-state index contributed by atoms with van der Waals surface area (Å²) in [6, 6.07) is 5.67. The molecule has 0 aromatic carbocycles. The maximum absolute atomic E-state index is 12.3. The van der Waals surface area contributed by atoms with E-state index in [9.17, 15) is 13.2 Å². The van der Waals surface area contributed by atoms with Crippen LogP contribution >= 0.6 is 11.6 Å². The zero-order chi connectivity index (χ0) is 13.9. The maximum Gasteiger partial charge on any atom is 0.417 e. The molecule has 2 heterocycles. The van der Waals surface area contributed by atoms with E-state index in [2.05, 4.69) is 15.3 Å². The number of halogens is 4. The van der Waals surface area contributed by atoms with E-state index in [4.69, 9.17) is 11.6 Å². The molecule has 100 valence electrons. The van der Waals surface area contributed by atoms with Crippen molar-refractivity contribution in [2.45, 2.75) is 12.7 Å². The standard InChI is InChI=1S/C12H9ClF3N3/c13-10-3-1-8(5-17-10)6-18-11-4-2-9(7-19-11)12(14,15)16/h1-5,7H,6H2,(H,18,19). The van der Waals surface area contributed by atoms with Gasteiger partial charge in [0, 0.05) is 18.9 Å². The first-order valence-electron chi connectivity index (χ1n) is 5.33. The molecule has 0 radical (unpaired) electrons. The molecule has 2 aromatic heterocycles. The number of hydrogen-bond donors (Lipinski definition) is 1. The SMILES string of the molecule is FC(F)(F)c1ccc(NCc2ccc(Cl)nc2)nc1. The van der Waals surface area contributed by atoms with Gasteiger partial charge in [0.1, 0.15) is 11.0 Å². The van der Waals surface area contributed by atoms with Gasteiger partial charge in [-0.15, -0.1) is 0 Å². The number of hydrogen-bond acceptors (Lipinski definition) is 3. The van der Waals surface area contributed by atoms with Crippen LogP contribution in [0.4, 0.5) is 19.0 Å². The third-order valence-corrected chi connectivity index (χ3v) is 2.58. The van der Waals surface area contributed by atoms with Crippen molar-refractivity contribution in [3.05, 3.63) is 52.9 Å². The molecule has 0 atom stereocenters. The molecule has 0 fully saturated rings. The zero-order valence-electron chi connectivity index (χ0n) is 9.58. The van der Waals surface area contributed by atoms with E-state index in [1.807, 2.05) is 0 Å². The summed E-state index contributed by atoms with van der Waals surface area (Å²) in [6.07, 6.45) is -1.99. The van der Waals surface area contributed by atoms with Gasteiger partial charge >= 0.3 is 6.18 Å². The first-order valence-corrected chi connectivity index (χ1v) is 5.70. The van der Waals surface area contributed by atoms with Gasteiger partial charge in [-0.05, 0) is 23.8 Å². The Morgan fingerprint density at radius 3 is 2.37 bits per heavy atom. The third kappa shape index (κ3) is 3.82. The Kier molecular flexibility index (Phi) is 3.90. The molecule has 0 amide bonds. The zero-order valence-corrected chi connectivity index (χ0v) is 10.3. The summed E-state index contributed by atoms with van der Waals surface area (Å²) >= 11 is 5.64. The van der Waals surface area contributed by atoms with Crippen LogP contribution in [-0.4, -0.2) is 9.97 Å². The second-order valence-electron chi connectivity index (χ2n) is 3.77. The summed E-state index contributed by atoms with van der Waals surface area (Å²) in [5.74, 6) is 0.364. The Bertz CT molecular complexity index is 538. The summed E-state index contributed by atoms with van der Waals surface area (Å²) in [4.78, 5) is 7.59. The molecule has 1 N–H and O–H groups in total. The van der Waals surface area contributed by atoms with Crippen LogP contribution in [0.1, 0.15) is 11.1 Å². The molecule has 0 bridgehead atoms. The van der Waals surface area contributed by atoms with E-state index in [-0.39, 0.29) is 0 Å². The van der Waals surface area contributed by atoms with Gasteiger partial charge in [0.25, 0.3) is 0 Å². The summed E-state index contributed by atoms with van der Waals surface area (Å²) in [7, 11) is 0. The van der Waals surface area contributed by atoms with E-state index >= 15 is 0 Å². The minimum Gasteiger partial charge on any atom is -0.366 e. The van der Waals surface area contributed by atoms with Crippen LogP contribution in [0.5, 0.6) is 0 Å². The van der Waals surface area contributed by atoms with Gasteiger partial charge in [0.15, 0.2) is 0 Å². The van der Waals surface area contributed by atoms with Gasteiger partial charge in [-0.25, -0.2) is 9.97 Å². The van der Waals surface area contributed by atoms with Crippen molar-refractivity contribution in [2.75, 3.05) is 5.32 Å². The Labute approximate surface area is 112 Å². The molecule has 0 spiro atoms. The first kappa shape index (κ1) is 13.6. The molecular weight excluding hydrogens is 279 g/mol. The Morgan fingerprint density at radius 2 is 1.84 bits per heavy atom. The minimum atomic E-state index is -4.37. The van der Waals surface area contributed by atoms with Crippen LogP contribution in [-0.2, 0) is 12.7 Å². The van der Waals surface area contributed by atoms with Gasteiger partial charge in [-0.1, -0.05) is 17.7 Å². The van der Waals surface area contributed by atoms with E-state index in [0.29, 0.717) is 17.5 Å². The molecule has 0 unspecified atom stereocenters. The molecule has 0 saturated heterocycles. The summed E-state index contributed by atoms with van der Waals surface area (Å²) in [6.45, 7) is 0.405. The summed E-state index contributed by atoms with van der Waals surface area (Å²) < 4.78 is 37.0. The Hall–Kier alpha value is -1.82. The lowest BCUT2D eigenvalue weighted by molar-refractivity contribution is -0.137. The second kappa shape index (κ2) is 5.44. The highest BCUT2D eigenvalue weighted by molar-refractivity contribution is 6.29. The van der Waals surface area contributed by atoms with E-state index in [1.54, 1.807) is 18.3 Å². The van der Waals surface area contributed by atoms with E-state index in [0.717, 1.165) is 17.8 Å². The normalized spacial score (nSPS) is 11.4. The van der Waals surface area contributed by atoms with Crippen LogP contribution in [0.3, 0.4) is 0 Å². The average molecular weight is 288 g/mol. The fraction of sp³-hybridized carbons (Fsp3) is 0.167. The molecule has 19 heavy (non-hydrogen) atoms. The molecule has 3 nitrogen and oxygen atoms in total. The highest BCUT2D eigenvalue weighted by Gasteiger charge is 2.30. The quantitative estimate of drug-likeness (QED) is 0.874. The molecule has 0 aliphatic heterocycles. The third-order valence-electron chi connectivity index (χ3n) is 2.35. The van der Waals surface area contributed by atoms with Crippen molar-refractivity contribution in [2.24, 2.45) is 0 Å². The fourth-order valence-electron chi connectivity index (χ4n) is 1.37. The summed E-state index contributed by atoms with van der Waals surface area (Å²) in [5.41, 5.74) is 0.0808. The lowest BCUT2D eigenvalue weighted by atomic mass is 10.2. The number of pyridine rings is 2. The average Bonchev–Trinajstić information content (AvgIpc) is 2.37. The van der Waals surface area contributed by atoms with Gasteiger partial charge in [-0.2, -0.15) is 13.2 Å². The lowest BCUT2D eigenvalue weighted by Crippen LogP contribution is -2.07. The molecule has 0 saturated carbocycles. The predicted molar refractivity (Wildman–Crippen MR) is 65.8 cm³/mol. The van der Waals surface area contributed by atoms with Crippen molar-refractivity contribution in [3.8, 4) is 0 Å². The van der Waals surface area contributed by atoms with Gasteiger partial charge in [0.05, 0.1) is 5.56 Å². The van der Waals surface area contributed by atoms with Gasteiger partial charge < -0.3 is 5.32 Å². The molecule has 7 heteroatoms. The van der Waals surface area contributed by atoms with Crippen molar-refractivity contribution < 1.29 is 13.2 Å². The van der Waals surface area contributed by atoms with Crippen LogP contribution < -0.4 is 5.32 Å². The number of alkyl halides is 3. The molecular formula is C12H9ClF3N3. The van der Waals surface area contributed by atoms with Crippen molar-refractivity contribution in [1.29, 1.82) is 0 Å². The molecule has 2 aromatic rings. The fourth-order valence-corrected chi connectivity index (χ4v) is 1.48. The molecule has 0 aliphatic carbocycles. The monoisotopic (exact) mass is 287 g/mol. The van der Waals surface area contributed by atoms with Crippen molar-refractivity contribution in [1.82, 2.24) is 9.97 Å². The number of nitrogens with one attached hydrogen (secondary N) is 1. The largest absolute Gasteiger partial charge is 0.417 e. The number of aromatic nitrogens is 2. The van der Waals surface area contributed by atoms with Crippen LogP contribution in [0, 0.1) is 0 Å². The van der Waals surface area contributed by atoms with Crippen molar-refractivity contribution in [3.63, 3.8) is 0 Å². The summed E-state index contributed by atoms with van der Waals surface area (Å²) in [5, 5.41) is 3.28. The topological polar surface area (TPSA) is 37.8 Å². The Balaban J connectivity index is 1.98. The Morgan fingerprint density at radius 1 is 1.05 bits per heavy atom. The van der Waals surface area contributed by atoms with E-state index < -0.39 is 11.7 Å². The van der Waals surface area contributed by atoms with Gasteiger partial charge in [-0.3, -0.25) is 0 Å². The van der Waals surface area contributed by atoms with Crippen LogP contribution in [0.15, 0.2) is 36.7 Å². The smallest absolute Gasteiger partial charge is 0.366 e. The van der Waals surface area contributed by atoms with Crippen molar-refractivity contribution >= 4 is 17.4 Å². The van der Waals surface area contributed by atoms with Gasteiger partial charge in [0.2, 0.25) is 0 Å². The number of anilines is 1. The minimum absolute atomic E-state index is 0.364. The highest BCUT2D eigenvalue weighted by Crippen LogP contribution is 2.28. The number of nitrogens with zero attached hydrogens (tertiary/aromatic N) is 2. The lowest BCUT2D eigenvalue weighted by Gasteiger charge is -2.08. The van der Waals surface area contributed by atoms with E-state index in [1.165, 1.54) is 6.07 Å². The van der Waals surface area contributed by atoms with Crippen LogP contribution in [0.25, 0.3) is 0 Å². The number of rotatable bonds is 3. The maximum atomic E-state index is 12.3. The first-order chi connectivity index (χ1) is 8.95. The highest BCUT2D eigenvalue weighted by atomic mass is 35.5.